The van der Waals surface area contributed by atoms with Crippen molar-refractivity contribution in [2.75, 3.05) is 11.9 Å². The molecule has 0 bridgehead atoms. The number of thioether (sulfide) groups is 1. The maximum absolute atomic E-state index is 12.9. The van der Waals surface area contributed by atoms with Gasteiger partial charge in [0.25, 0.3) is 5.91 Å². The normalized spacial score (nSPS) is 15.4. The Bertz CT molecular complexity index is 1070. The lowest BCUT2D eigenvalue weighted by molar-refractivity contribution is 0.0526. The molecular formula is C24H25NO4S2. The van der Waals surface area contributed by atoms with E-state index in [1.807, 2.05) is 36.4 Å². The van der Waals surface area contributed by atoms with Crippen LogP contribution in [0.4, 0.5) is 5.00 Å². The fourth-order valence-corrected chi connectivity index (χ4v) is 5.88. The zero-order valence-corrected chi connectivity index (χ0v) is 19.2. The van der Waals surface area contributed by atoms with Crippen LogP contribution in [-0.2, 0) is 23.3 Å². The lowest BCUT2D eigenvalue weighted by Gasteiger charge is -2.18. The molecule has 1 aliphatic rings. The van der Waals surface area contributed by atoms with Gasteiger partial charge in [-0.3, -0.25) is 4.79 Å². The van der Waals surface area contributed by atoms with E-state index in [2.05, 4.69) is 12.2 Å². The first-order chi connectivity index (χ1) is 15.0. The summed E-state index contributed by atoms with van der Waals surface area (Å²) in [6, 6.07) is 13.5. The van der Waals surface area contributed by atoms with E-state index in [1.165, 1.54) is 11.3 Å². The summed E-state index contributed by atoms with van der Waals surface area (Å²) in [4.78, 5) is 27.8. The smallest absolute Gasteiger partial charge is 0.341 e. The third kappa shape index (κ3) is 5.05. The van der Waals surface area contributed by atoms with Gasteiger partial charge in [0, 0.05) is 9.77 Å². The van der Waals surface area contributed by atoms with E-state index in [1.54, 1.807) is 24.8 Å². The molecule has 0 aliphatic heterocycles. The van der Waals surface area contributed by atoms with Crippen LogP contribution >= 0.6 is 23.1 Å². The lowest BCUT2D eigenvalue weighted by Crippen LogP contribution is -2.16. The fraction of sp³-hybridized carbons (Fsp3) is 0.333. The third-order valence-corrected chi connectivity index (χ3v) is 7.43. The quantitative estimate of drug-likeness (QED) is 0.340. The van der Waals surface area contributed by atoms with Crippen molar-refractivity contribution in [1.82, 2.24) is 0 Å². The summed E-state index contributed by atoms with van der Waals surface area (Å²) < 4.78 is 11.0. The standard InChI is InChI=1S/C24H25NO4S2/c1-3-28-24(27)21-18-11-9-15(2)13-20(18)31-23(21)25-22(26)19-12-10-16(29-19)14-30-17-7-5-4-6-8-17/h4-8,10,12,15H,3,9,11,13-14H2,1-2H3,(H,25,26). The van der Waals surface area contributed by atoms with E-state index in [4.69, 9.17) is 9.15 Å². The molecule has 0 radical (unpaired) electrons. The van der Waals surface area contributed by atoms with Crippen molar-refractivity contribution in [3.05, 3.63) is 70.0 Å². The largest absolute Gasteiger partial charge is 0.462 e. The van der Waals surface area contributed by atoms with E-state index in [0.29, 0.717) is 28.8 Å². The van der Waals surface area contributed by atoms with Crippen LogP contribution in [0.3, 0.4) is 0 Å². The van der Waals surface area contributed by atoms with Crippen molar-refractivity contribution in [2.24, 2.45) is 5.92 Å². The highest BCUT2D eigenvalue weighted by Gasteiger charge is 2.29. The second-order valence-electron chi connectivity index (χ2n) is 7.60. The van der Waals surface area contributed by atoms with Gasteiger partial charge in [0.2, 0.25) is 0 Å². The number of carbonyl (C=O) groups excluding carboxylic acids is 2. The van der Waals surface area contributed by atoms with Crippen LogP contribution in [0.5, 0.6) is 0 Å². The molecule has 1 atom stereocenters. The monoisotopic (exact) mass is 455 g/mol. The summed E-state index contributed by atoms with van der Waals surface area (Å²) in [6.07, 6.45) is 2.78. The maximum atomic E-state index is 12.9. The number of furan rings is 1. The number of benzene rings is 1. The highest BCUT2D eigenvalue weighted by Crippen LogP contribution is 2.40. The van der Waals surface area contributed by atoms with Gasteiger partial charge in [-0.15, -0.1) is 23.1 Å². The highest BCUT2D eigenvalue weighted by atomic mass is 32.2. The molecule has 7 heteroatoms. The number of hydrogen-bond donors (Lipinski definition) is 1. The molecule has 1 aromatic carbocycles. The molecule has 0 fully saturated rings. The number of nitrogens with one attached hydrogen (secondary N) is 1. The zero-order valence-electron chi connectivity index (χ0n) is 17.6. The number of esters is 1. The molecule has 2 heterocycles. The Morgan fingerprint density at radius 3 is 2.81 bits per heavy atom. The molecule has 0 saturated carbocycles. The molecule has 0 saturated heterocycles. The van der Waals surface area contributed by atoms with Gasteiger partial charge in [-0.05, 0) is 61.9 Å². The number of anilines is 1. The Morgan fingerprint density at radius 1 is 1.23 bits per heavy atom. The minimum Gasteiger partial charge on any atom is -0.462 e. The van der Waals surface area contributed by atoms with Crippen LogP contribution in [0.1, 0.15) is 57.4 Å². The highest BCUT2D eigenvalue weighted by molar-refractivity contribution is 7.98. The number of fused-ring (bicyclic) bond motifs is 1. The van der Waals surface area contributed by atoms with E-state index in [-0.39, 0.29) is 17.6 Å². The second-order valence-corrected chi connectivity index (χ2v) is 9.75. The predicted molar refractivity (Wildman–Crippen MR) is 124 cm³/mol. The topological polar surface area (TPSA) is 68.5 Å². The molecule has 3 aromatic rings. The first-order valence-corrected chi connectivity index (χ1v) is 12.2. The van der Waals surface area contributed by atoms with Gasteiger partial charge in [-0.25, -0.2) is 4.79 Å². The second kappa shape index (κ2) is 9.75. The average Bonchev–Trinajstić information content (AvgIpc) is 3.37. The van der Waals surface area contributed by atoms with Crippen molar-refractivity contribution < 1.29 is 18.7 Å². The van der Waals surface area contributed by atoms with Crippen molar-refractivity contribution in [1.29, 1.82) is 0 Å². The Kier molecular flexibility index (Phi) is 6.83. The Labute approximate surface area is 190 Å². The maximum Gasteiger partial charge on any atom is 0.341 e. The van der Waals surface area contributed by atoms with Crippen molar-refractivity contribution in [3.8, 4) is 0 Å². The van der Waals surface area contributed by atoms with Gasteiger partial charge in [0.1, 0.15) is 10.8 Å². The minimum atomic E-state index is -0.371. The first-order valence-electron chi connectivity index (χ1n) is 10.4. The van der Waals surface area contributed by atoms with Crippen molar-refractivity contribution >= 4 is 40.0 Å². The SMILES string of the molecule is CCOC(=O)c1c(NC(=O)c2ccc(CSc3ccccc3)o2)sc2c1CCC(C)C2. The van der Waals surface area contributed by atoms with E-state index >= 15 is 0 Å². The summed E-state index contributed by atoms with van der Waals surface area (Å²) in [5.74, 6) is 1.44. The van der Waals surface area contributed by atoms with Crippen molar-refractivity contribution in [3.63, 3.8) is 0 Å². The van der Waals surface area contributed by atoms with E-state index in [0.717, 1.165) is 40.4 Å². The number of hydrogen-bond acceptors (Lipinski definition) is 6. The Morgan fingerprint density at radius 2 is 2.03 bits per heavy atom. The molecule has 162 valence electrons. The molecule has 0 spiro atoms. The van der Waals surface area contributed by atoms with Gasteiger partial charge in [-0.1, -0.05) is 25.1 Å². The van der Waals surface area contributed by atoms with E-state index < -0.39 is 0 Å². The summed E-state index contributed by atoms with van der Waals surface area (Å²) >= 11 is 3.13. The Balaban J connectivity index is 1.49. The van der Waals surface area contributed by atoms with Gasteiger partial charge < -0.3 is 14.5 Å². The zero-order chi connectivity index (χ0) is 21.8. The van der Waals surface area contributed by atoms with Crippen LogP contribution in [0.25, 0.3) is 0 Å². The number of amides is 1. The number of thiophene rings is 1. The fourth-order valence-electron chi connectivity index (χ4n) is 3.67. The molecule has 1 unspecified atom stereocenters. The molecule has 2 aromatic heterocycles. The molecule has 1 amide bonds. The van der Waals surface area contributed by atoms with E-state index in [9.17, 15) is 9.59 Å². The van der Waals surface area contributed by atoms with Crippen LogP contribution < -0.4 is 5.32 Å². The molecule has 4 rings (SSSR count). The Hall–Kier alpha value is -2.51. The lowest BCUT2D eigenvalue weighted by atomic mass is 9.88. The van der Waals surface area contributed by atoms with Gasteiger partial charge in [-0.2, -0.15) is 0 Å². The minimum absolute atomic E-state index is 0.234. The van der Waals surface area contributed by atoms with Crippen LogP contribution in [0.15, 0.2) is 51.8 Å². The predicted octanol–water partition coefficient (Wildman–Crippen LogP) is 6.19. The number of ether oxygens (including phenoxy) is 1. The summed E-state index contributed by atoms with van der Waals surface area (Å²) in [7, 11) is 0. The number of rotatable bonds is 7. The van der Waals surface area contributed by atoms with Gasteiger partial charge in [0.05, 0.1) is 17.9 Å². The molecule has 5 nitrogen and oxygen atoms in total. The van der Waals surface area contributed by atoms with Crippen LogP contribution in [0, 0.1) is 5.92 Å². The molecule has 1 aliphatic carbocycles. The molecular weight excluding hydrogens is 430 g/mol. The summed E-state index contributed by atoms with van der Waals surface area (Å²) in [6.45, 7) is 4.30. The van der Waals surface area contributed by atoms with Gasteiger partial charge in [0.15, 0.2) is 5.76 Å². The van der Waals surface area contributed by atoms with Crippen LogP contribution in [0.2, 0.25) is 0 Å². The summed E-state index contributed by atoms with van der Waals surface area (Å²) in [5.41, 5.74) is 1.53. The average molecular weight is 456 g/mol. The third-order valence-electron chi connectivity index (χ3n) is 5.23. The molecule has 1 N–H and O–H groups in total. The van der Waals surface area contributed by atoms with Crippen molar-refractivity contribution in [2.45, 2.75) is 43.8 Å². The first kappa shape index (κ1) is 21.7. The summed E-state index contributed by atoms with van der Waals surface area (Å²) in [5, 5.41) is 3.46. The number of carbonyl (C=O) groups is 2. The van der Waals surface area contributed by atoms with Crippen LogP contribution in [-0.4, -0.2) is 18.5 Å². The van der Waals surface area contributed by atoms with Gasteiger partial charge >= 0.3 is 5.97 Å². The molecule has 31 heavy (non-hydrogen) atoms.